The Morgan fingerprint density at radius 2 is 1.89 bits per heavy atom. The van der Waals surface area contributed by atoms with E-state index in [-0.39, 0.29) is 12.6 Å². The number of carbonyl (C=O) groups is 1. The van der Waals surface area contributed by atoms with E-state index < -0.39 is 5.41 Å². The van der Waals surface area contributed by atoms with Gasteiger partial charge in [-0.25, -0.2) is 15.0 Å². The summed E-state index contributed by atoms with van der Waals surface area (Å²) in [4.78, 5) is 32.3. The highest BCUT2D eigenvalue weighted by Gasteiger charge is 2.48. The third kappa shape index (κ3) is 3.95. The fraction of sp³-hybridized carbons (Fsp3) is 0.154. The summed E-state index contributed by atoms with van der Waals surface area (Å²) in [5.74, 6) is -0.310. The summed E-state index contributed by atoms with van der Waals surface area (Å²) in [7, 11) is 0. The number of hydrogen-bond acceptors (Lipinski definition) is 7. The van der Waals surface area contributed by atoms with E-state index in [4.69, 9.17) is 9.72 Å². The van der Waals surface area contributed by atoms with Crippen LogP contribution in [0.1, 0.15) is 22.5 Å². The molecule has 1 aliphatic rings. The molecule has 0 bridgehead atoms. The third-order valence-electron chi connectivity index (χ3n) is 6.31. The second kappa shape index (κ2) is 8.81. The van der Waals surface area contributed by atoms with Gasteiger partial charge in [0.05, 0.1) is 23.0 Å². The van der Waals surface area contributed by atoms with Crippen molar-refractivity contribution >= 4 is 39.6 Å². The molecule has 0 aliphatic heterocycles. The van der Waals surface area contributed by atoms with E-state index in [1.165, 1.54) is 0 Å². The summed E-state index contributed by atoms with van der Waals surface area (Å²) in [5.41, 5.74) is 4.47. The van der Waals surface area contributed by atoms with Gasteiger partial charge in [0.25, 0.3) is 0 Å². The predicted molar refractivity (Wildman–Crippen MR) is 137 cm³/mol. The van der Waals surface area contributed by atoms with Crippen LogP contribution in [0.5, 0.6) is 0 Å². The van der Waals surface area contributed by atoms with E-state index in [0.29, 0.717) is 39.4 Å². The van der Waals surface area contributed by atoms with Crippen molar-refractivity contribution < 1.29 is 9.53 Å². The van der Waals surface area contributed by atoms with Crippen LogP contribution in [0.3, 0.4) is 0 Å². The molecule has 1 N–H and O–H groups in total. The Hall–Kier alpha value is -3.73. The first-order valence-electron chi connectivity index (χ1n) is 11.1. The molecule has 8 nitrogen and oxygen atoms in total. The Bertz CT molecular complexity index is 1530. The van der Waals surface area contributed by atoms with Crippen molar-refractivity contribution in [2.45, 2.75) is 24.9 Å². The van der Waals surface area contributed by atoms with Crippen LogP contribution in [-0.2, 0) is 34.4 Å². The number of ether oxygens (including phenoxy) is 1. The highest BCUT2D eigenvalue weighted by atomic mass is 127. The molecule has 35 heavy (non-hydrogen) atoms. The first kappa shape index (κ1) is 21.8. The predicted octanol–water partition coefficient (Wildman–Crippen LogP) is 4.19. The maximum atomic E-state index is 13.8. The summed E-state index contributed by atoms with van der Waals surface area (Å²) < 4.78 is 6.45. The quantitative estimate of drug-likeness (QED) is 0.191. The highest BCUT2D eigenvalue weighted by molar-refractivity contribution is 14.1. The molecule has 6 rings (SSSR count). The van der Waals surface area contributed by atoms with Gasteiger partial charge in [-0.15, -0.1) is 0 Å². The lowest BCUT2D eigenvalue weighted by molar-refractivity contribution is -0.152. The number of aromatic nitrogens is 6. The van der Waals surface area contributed by atoms with Crippen LogP contribution in [0, 0.1) is 3.83 Å². The lowest BCUT2D eigenvalue weighted by atomic mass is 9.81. The summed E-state index contributed by atoms with van der Waals surface area (Å²) in [6, 6.07) is 19.3. The highest BCUT2D eigenvalue weighted by Crippen LogP contribution is 2.40. The minimum Gasteiger partial charge on any atom is -0.460 e. The fourth-order valence-corrected chi connectivity index (χ4v) is 5.07. The van der Waals surface area contributed by atoms with Crippen molar-refractivity contribution in [2.24, 2.45) is 0 Å². The van der Waals surface area contributed by atoms with Crippen molar-refractivity contribution in [2.75, 3.05) is 0 Å². The molecule has 0 spiro atoms. The lowest BCUT2D eigenvalue weighted by Gasteiger charge is -2.26. The van der Waals surface area contributed by atoms with Crippen molar-refractivity contribution in [1.29, 1.82) is 0 Å². The second-order valence-electron chi connectivity index (χ2n) is 8.49. The van der Waals surface area contributed by atoms with E-state index in [1.807, 2.05) is 60.7 Å². The van der Waals surface area contributed by atoms with Crippen molar-refractivity contribution in [3.05, 3.63) is 99.4 Å². The number of aromatic amines is 1. The van der Waals surface area contributed by atoms with Crippen LogP contribution >= 0.6 is 22.6 Å². The second-order valence-corrected chi connectivity index (χ2v) is 9.45. The van der Waals surface area contributed by atoms with Crippen LogP contribution in [0.4, 0.5) is 0 Å². The molecular weight excluding hydrogens is 555 g/mol. The number of hydrogen-bond donors (Lipinski definition) is 1. The number of nitrogens with one attached hydrogen (secondary N) is 1. The van der Waals surface area contributed by atoms with Gasteiger partial charge in [0, 0.05) is 40.9 Å². The average Bonchev–Trinajstić information content (AvgIpc) is 3.53. The zero-order valence-corrected chi connectivity index (χ0v) is 20.6. The zero-order chi connectivity index (χ0) is 23.8. The number of carbonyl (C=O) groups excluding carboxylic acids is 1. The Kier molecular flexibility index (Phi) is 5.48. The van der Waals surface area contributed by atoms with E-state index in [1.54, 1.807) is 12.4 Å². The standard InChI is InChI=1S/C26H19IN6O2/c27-25-31-22(18-14-29-33-23(18)32-25)19-9-4-10-21(30-19)26(12-17-8-5-11-28-20(17)13-26)24(34)35-15-16-6-2-1-3-7-16/h1-11,14H,12-13,15H2,(H,29,31,32,33). The normalized spacial score (nSPS) is 16.8. The Labute approximate surface area is 214 Å². The molecule has 4 aromatic heterocycles. The first-order valence-corrected chi connectivity index (χ1v) is 12.2. The maximum absolute atomic E-state index is 13.8. The molecule has 4 heterocycles. The van der Waals surface area contributed by atoms with Gasteiger partial charge in [0.2, 0.25) is 0 Å². The van der Waals surface area contributed by atoms with Gasteiger partial charge < -0.3 is 4.74 Å². The van der Waals surface area contributed by atoms with E-state index in [9.17, 15) is 4.79 Å². The minimum absolute atomic E-state index is 0.199. The number of H-pyrrole nitrogens is 1. The number of fused-ring (bicyclic) bond motifs is 2. The molecule has 0 saturated heterocycles. The van der Waals surface area contributed by atoms with Gasteiger partial charge >= 0.3 is 5.97 Å². The molecule has 172 valence electrons. The number of nitrogens with zero attached hydrogens (tertiary/aromatic N) is 5. The number of esters is 1. The molecule has 5 aromatic rings. The molecule has 0 saturated carbocycles. The lowest BCUT2D eigenvalue weighted by Crippen LogP contribution is -2.39. The SMILES string of the molecule is O=C(OCc1ccccc1)C1(c2cccc(-c3nc(I)nc4[nH]ncc34)n2)Cc2cccnc2C1. The summed E-state index contributed by atoms with van der Waals surface area (Å²) >= 11 is 2.07. The topological polar surface area (TPSA) is 107 Å². The van der Waals surface area contributed by atoms with Crippen LogP contribution in [0.2, 0.25) is 0 Å². The molecule has 0 fully saturated rings. The van der Waals surface area contributed by atoms with Crippen molar-refractivity contribution in [3.63, 3.8) is 0 Å². The van der Waals surface area contributed by atoms with Gasteiger partial charge in [-0.2, -0.15) is 5.10 Å². The van der Waals surface area contributed by atoms with Gasteiger partial charge in [-0.05, 0) is 35.7 Å². The molecule has 1 aromatic carbocycles. The molecule has 1 atom stereocenters. The maximum Gasteiger partial charge on any atom is 0.319 e. The Morgan fingerprint density at radius 1 is 1.00 bits per heavy atom. The molecular formula is C26H19IN6O2. The smallest absolute Gasteiger partial charge is 0.319 e. The summed E-state index contributed by atoms with van der Waals surface area (Å²) in [6.07, 6.45) is 4.35. The molecule has 0 radical (unpaired) electrons. The number of benzene rings is 1. The minimum atomic E-state index is -0.975. The largest absolute Gasteiger partial charge is 0.460 e. The van der Waals surface area contributed by atoms with E-state index in [2.05, 4.69) is 47.7 Å². The van der Waals surface area contributed by atoms with E-state index >= 15 is 0 Å². The number of pyridine rings is 2. The van der Waals surface area contributed by atoms with Crippen LogP contribution in [0.25, 0.3) is 22.4 Å². The molecule has 9 heteroatoms. The van der Waals surface area contributed by atoms with Crippen molar-refractivity contribution in [3.8, 4) is 11.4 Å². The fourth-order valence-electron chi connectivity index (χ4n) is 4.59. The third-order valence-corrected chi connectivity index (χ3v) is 6.80. The van der Waals surface area contributed by atoms with E-state index in [0.717, 1.165) is 22.2 Å². The number of halogens is 1. The van der Waals surface area contributed by atoms with Crippen LogP contribution in [0.15, 0.2) is 73.1 Å². The first-order chi connectivity index (χ1) is 17.1. The molecule has 1 unspecified atom stereocenters. The van der Waals surface area contributed by atoms with Gasteiger partial charge in [0.15, 0.2) is 9.48 Å². The Morgan fingerprint density at radius 3 is 2.74 bits per heavy atom. The summed E-state index contributed by atoms with van der Waals surface area (Å²) in [6.45, 7) is 0.199. The van der Waals surface area contributed by atoms with Crippen LogP contribution in [-0.4, -0.2) is 36.1 Å². The zero-order valence-electron chi connectivity index (χ0n) is 18.5. The summed E-state index contributed by atoms with van der Waals surface area (Å²) in [5, 5.41) is 7.77. The van der Waals surface area contributed by atoms with Crippen molar-refractivity contribution in [1.82, 2.24) is 30.1 Å². The Balaban J connectivity index is 1.42. The molecule has 0 amide bonds. The van der Waals surface area contributed by atoms with Gasteiger partial charge in [-0.3, -0.25) is 14.9 Å². The molecule has 1 aliphatic carbocycles. The van der Waals surface area contributed by atoms with Gasteiger partial charge in [0.1, 0.15) is 17.7 Å². The van der Waals surface area contributed by atoms with Crippen LogP contribution < -0.4 is 0 Å². The monoisotopic (exact) mass is 574 g/mol. The number of rotatable bonds is 5. The average molecular weight is 574 g/mol. The van der Waals surface area contributed by atoms with Gasteiger partial charge in [-0.1, -0.05) is 42.5 Å².